The highest BCUT2D eigenvalue weighted by Crippen LogP contribution is 2.36. The highest BCUT2D eigenvalue weighted by Gasteiger charge is 2.39. The standard InChI is InChI=1S/C24H22FN5O2/c25-17-9-4-10-22(31)23(17)21-13-19(16-8-5-11-26-14-16)29-30(21)24(32)20-12-18(27-28-20)15-6-2-1-3-7-15/h2,5-9,11-12,14,21,31H,1,3-4,10,13H2,(H,27,28). The summed E-state index contributed by atoms with van der Waals surface area (Å²) in [4.78, 5) is 17.6. The van der Waals surface area contributed by atoms with Gasteiger partial charge >= 0.3 is 0 Å². The monoisotopic (exact) mass is 431 g/mol. The summed E-state index contributed by atoms with van der Waals surface area (Å²) in [5, 5.41) is 23.3. The van der Waals surface area contributed by atoms with Gasteiger partial charge in [-0.2, -0.15) is 10.2 Å². The van der Waals surface area contributed by atoms with Crippen LogP contribution in [0.15, 0.2) is 77.2 Å². The van der Waals surface area contributed by atoms with Crippen LogP contribution in [0.4, 0.5) is 4.39 Å². The fourth-order valence-corrected chi connectivity index (χ4v) is 4.21. The van der Waals surface area contributed by atoms with Crippen LogP contribution in [-0.2, 0) is 0 Å². The van der Waals surface area contributed by atoms with E-state index >= 15 is 0 Å². The van der Waals surface area contributed by atoms with Crippen LogP contribution >= 0.6 is 0 Å². The summed E-state index contributed by atoms with van der Waals surface area (Å²) in [5.74, 6) is -0.994. The largest absolute Gasteiger partial charge is 0.512 e. The number of carbonyl (C=O) groups excluding carboxylic acids is 1. The number of hydrogen-bond donors (Lipinski definition) is 2. The van der Waals surface area contributed by atoms with E-state index in [-0.39, 0.29) is 23.4 Å². The molecule has 2 N–H and O–H groups in total. The normalized spacial score (nSPS) is 20.8. The quantitative estimate of drug-likeness (QED) is 0.739. The molecule has 0 radical (unpaired) electrons. The molecule has 3 heterocycles. The molecule has 7 nitrogen and oxygen atoms in total. The molecule has 0 spiro atoms. The lowest BCUT2D eigenvalue weighted by atomic mass is 9.92. The molecule has 1 unspecified atom stereocenters. The summed E-state index contributed by atoms with van der Waals surface area (Å²) < 4.78 is 14.8. The first-order valence-electron chi connectivity index (χ1n) is 10.6. The van der Waals surface area contributed by atoms with Gasteiger partial charge in [-0.15, -0.1) is 0 Å². The fraction of sp³-hybridized carbons (Fsp3) is 0.250. The van der Waals surface area contributed by atoms with Crippen molar-refractivity contribution in [1.29, 1.82) is 0 Å². The second-order valence-corrected chi connectivity index (χ2v) is 7.92. The van der Waals surface area contributed by atoms with Gasteiger partial charge in [0, 0.05) is 36.4 Å². The third kappa shape index (κ3) is 3.68. The smallest absolute Gasteiger partial charge is 0.292 e. The lowest BCUT2D eigenvalue weighted by Gasteiger charge is -2.25. The number of pyridine rings is 1. The molecule has 0 saturated heterocycles. The van der Waals surface area contributed by atoms with Crippen LogP contribution in [0.2, 0.25) is 0 Å². The van der Waals surface area contributed by atoms with Crippen molar-refractivity contribution >= 4 is 17.2 Å². The maximum absolute atomic E-state index is 14.8. The summed E-state index contributed by atoms with van der Waals surface area (Å²) in [6.45, 7) is 0. The topological polar surface area (TPSA) is 94.5 Å². The lowest BCUT2D eigenvalue weighted by Crippen LogP contribution is -2.35. The molecule has 2 aromatic heterocycles. The molecule has 1 aliphatic heterocycles. The van der Waals surface area contributed by atoms with Crippen molar-refractivity contribution in [2.75, 3.05) is 0 Å². The van der Waals surface area contributed by atoms with Crippen molar-refractivity contribution in [3.8, 4) is 0 Å². The number of amides is 1. The van der Waals surface area contributed by atoms with Crippen LogP contribution in [0.5, 0.6) is 0 Å². The second-order valence-electron chi connectivity index (χ2n) is 7.92. The summed E-state index contributed by atoms with van der Waals surface area (Å²) in [6, 6.07) is 4.55. The number of carbonyl (C=O) groups is 1. The second kappa shape index (κ2) is 8.37. The van der Waals surface area contributed by atoms with Crippen LogP contribution < -0.4 is 0 Å². The zero-order valence-electron chi connectivity index (χ0n) is 17.3. The van der Waals surface area contributed by atoms with Crippen LogP contribution in [-0.4, -0.2) is 43.0 Å². The molecular formula is C24H22FN5O2. The van der Waals surface area contributed by atoms with Gasteiger partial charge in [0.1, 0.15) is 17.3 Å². The number of nitrogens with zero attached hydrogens (tertiary/aromatic N) is 4. The minimum Gasteiger partial charge on any atom is -0.512 e. The fourth-order valence-electron chi connectivity index (χ4n) is 4.21. The van der Waals surface area contributed by atoms with Crippen molar-refractivity contribution in [2.45, 2.75) is 38.1 Å². The number of H-pyrrole nitrogens is 1. The number of aromatic nitrogens is 3. The minimum absolute atomic E-state index is 0.0433. The van der Waals surface area contributed by atoms with Gasteiger partial charge in [0.15, 0.2) is 0 Å². The van der Waals surface area contributed by atoms with E-state index in [9.17, 15) is 14.3 Å². The van der Waals surface area contributed by atoms with Crippen LogP contribution in [0, 0.1) is 0 Å². The zero-order chi connectivity index (χ0) is 22.1. The van der Waals surface area contributed by atoms with Gasteiger partial charge in [0.05, 0.1) is 17.4 Å². The number of hydrogen-bond acceptors (Lipinski definition) is 5. The predicted molar refractivity (Wildman–Crippen MR) is 118 cm³/mol. The molecule has 8 heteroatoms. The Hall–Kier alpha value is -3.81. The van der Waals surface area contributed by atoms with Crippen molar-refractivity contribution in [3.63, 3.8) is 0 Å². The van der Waals surface area contributed by atoms with Crippen LogP contribution in [0.3, 0.4) is 0 Å². The van der Waals surface area contributed by atoms with Crippen molar-refractivity contribution < 1.29 is 14.3 Å². The predicted octanol–water partition coefficient (Wildman–Crippen LogP) is 4.62. The number of rotatable bonds is 4. The summed E-state index contributed by atoms with van der Waals surface area (Å²) in [7, 11) is 0. The molecule has 0 fully saturated rings. The molecule has 3 aliphatic rings. The van der Waals surface area contributed by atoms with Gasteiger partial charge in [-0.3, -0.25) is 14.9 Å². The average Bonchev–Trinajstić information content (AvgIpc) is 3.48. The Morgan fingerprint density at radius 1 is 1.25 bits per heavy atom. The van der Waals surface area contributed by atoms with Crippen molar-refractivity contribution in [3.05, 3.63) is 89.0 Å². The highest BCUT2D eigenvalue weighted by molar-refractivity contribution is 6.05. The number of aromatic amines is 1. The van der Waals surface area contributed by atoms with E-state index in [0.717, 1.165) is 24.0 Å². The van der Waals surface area contributed by atoms with E-state index in [1.165, 1.54) is 11.1 Å². The Kier molecular flexibility index (Phi) is 5.26. The van der Waals surface area contributed by atoms with E-state index in [2.05, 4.69) is 32.4 Å². The third-order valence-electron chi connectivity index (χ3n) is 5.82. The molecular weight excluding hydrogens is 409 g/mol. The molecule has 2 aromatic rings. The maximum Gasteiger partial charge on any atom is 0.292 e. The number of halogens is 1. The van der Waals surface area contributed by atoms with E-state index in [4.69, 9.17) is 0 Å². The van der Waals surface area contributed by atoms with Gasteiger partial charge < -0.3 is 5.11 Å². The first kappa shape index (κ1) is 20.1. The van der Waals surface area contributed by atoms with Gasteiger partial charge in [-0.25, -0.2) is 9.40 Å². The van der Waals surface area contributed by atoms with Gasteiger partial charge in [-0.1, -0.05) is 24.3 Å². The van der Waals surface area contributed by atoms with Gasteiger partial charge in [0.25, 0.3) is 5.91 Å². The Morgan fingerprint density at radius 3 is 2.91 bits per heavy atom. The molecule has 32 heavy (non-hydrogen) atoms. The molecule has 1 atom stereocenters. The maximum atomic E-state index is 14.8. The van der Waals surface area contributed by atoms with E-state index in [1.807, 2.05) is 12.1 Å². The molecule has 0 saturated carbocycles. The Labute approximate surface area is 184 Å². The Balaban J connectivity index is 1.51. The average molecular weight is 431 g/mol. The molecule has 0 aromatic carbocycles. The molecule has 1 amide bonds. The Bertz CT molecular complexity index is 1210. The summed E-state index contributed by atoms with van der Waals surface area (Å²) in [6.07, 6.45) is 13.8. The number of aliphatic hydroxyl groups is 1. The van der Waals surface area contributed by atoms with Crippen LogP contribution in [0.1, 0.15) is 53.8 Å². The number of allylic oxidation sites excluding steroid dienone is 6. The third-order valence-corrected chi connectivity index (χ3v) is 5.82. The van der Waals surface area contributed by atoms with E-state index in [1.54, 1.807) is 24.5 Å². The summed E-state index contributed by atoms with van der Waals surface area (Å²) in [5.41, 5.74) is 3.34. The molecule has 5 rings (SSSR count). The van der Waals surface area contributed by atoms with Gasteiger partial charge in [-0.05, 0) is 43.0 Å². The number of nitrogens with one attached hydrogen (secondary N) is 1. The highest BCUT2D eigenvalue weighted by atomic mass is 19.1. The SMILES string of the molecule is O=C(c1cc(C2=CCCC=C2)n[nH]1)N1N=C(c2cccnc2)CC1C1=C(O)CCC=C1F. The summed E-state index contributed by atoms with van der Waals surface area (Å²) >= 11 is 0. The Morgan fingerprint density at radius 2 is 2.16 bits per heavy atom. The zero-order valence-corrected chi connectivity index (χ0v) is 17.3. The number of aliphatic hydroxyl groups excluding tert-OH is 1. The van der Waals surface area contributed by atoms with E-state index in [0.29, 0.717) is 24.2 Å². The molecule has 2 aliphatic carbocycles. The first-order valence-corrected chi connectivity index (χ1v) is 10.6. The molecule has 0 bridgehead atoms. The van der Waals surface area contributed by atoms with E-state index < -0.39 is 17.8 Å². The molecule has 162 valence electrons. The first-order chi connectivity index (χ1) is 15.6. The lowest BCUT2D eigenvalue weighted by molar-refractivity contribution is 0.0725. The number of hydrazone groups is 1. The van der Waals surface area contributed by atoms with Gasteiger partial charge in [0.2, 0.25) is 0 Å². The van der Waals surface area contributed by atoms with Crippen molar-refractivity contribution in [1.82, 2.24) is 20.2 Å². The van der Waals surface area contributed by atoms with Crippen molar-refractivity contribution in [2.24, 2.45) is 5.10 Å². The van der Waals surface area contributed by atoms with Crippen LogP contribution in [0.25, 0.3) is 5.57 Å². The minimum atomic E-state index is -0.755.